The number of benzene rings is 1. The van der Waals surface area contributed by atoms with Crippen molar-refractivity contribution in [3.05, 3.63) is 29.6 Å². The number of hydrogen-bond donors (Lipinski definition) is 0. The third-order valence-electron chi connectivity index (χ3n) is 3.42. The van der Waals surface area contributed by atoms with Gasteiger partial charge in [0.05, 0.1) is 23.0 Å². The summed E-state index contributed by atoms with van der Waals surface area (Å²) >= 11 is 0. The fourth-order valence-corrected chi connectivity index (χ4v) is 2.37. The van der Waals surface area contributed by atoms with Crippen LogP contribution < -0.4 is 0 Å². The van der Waals surface area contributed by atoms with Gasteiger partial charge in [0.15, 0.2) is 0 Å². The van der Waals surface area contributed by atoms with Crippen molar-refractivity contribution in [1.82, 2.24) is 9.55 Å². The molecule has 1 atom stereocenters. The molecule has 3 nitrogen and oxygen atoms in total. The van der Waals surface area contributed by atoms with Crippen LogP contribution in [-0.4, -0.2) is 9.55 Å². The van der Waals surface area contributed by atoms with Crippen molar-refractivity contribution in [2.75, 3.05) is 0 Å². The third-order valence-corrected chi connectivity index (χ3v) is 3.42. The van der Waals surface area contributed by atoms with Crippen LogP contribution in [0.3, 0.4) is 0 Å². The summed E-state index contributed by atoms with van der Waals surface area (Å²) < 4.78 is 2.14. The summed E-state index contributed by atoms with van der Waals surface area (Å²) in [5.41, 5.74) is 3.20. The van der Waals surface area contributed by atoms with Crippen LogP contribution in [0.5, 0.6) is 0 Å². The second-order valence-corrected chi connectivity index (χ2v) is 5.02. The minimum absolute atomic E-state index is 0.0288. The van der Waals surface area contributed by atoms with Gasteiger partial charge in [0.2, 0.25) is 0 Å². The molecular weight excluding hydrogens is 222 g/mol. The molecular formula is C15H19N3. The summed E-state index contributed by atoms with van der Waals surface area (Å²) in [7, 11) is 2.05. The Labute approximate surface area is 108 Å². The van der Waals surface area contributed by atoms with Gasteiger partial charge in [-0.05, 0) is 24.1 Å². The van der Waals surface area contributed by atoms with Gasteiger partial charge in [-0.2, -0.15) is 5.26 Å². The summed E-state index contributed by atoms with van der Waals surface area (Å²) in [4.78, 5) is 4.68. The number of nitrogens with zero attached hydrogens (tertiary/aromatic N) is 3. The van der Waals surface area contributed by atoms with Gasteiger partial charge >= 0.3 is 0 Å². The predicted octanol–water partition coefficient (Wildman–Crippen LogP) is 3.71. The van der Waals surface area contributed by atoms with Crippen LogP contribution in [0.4, 0.5) is 0 Å². The van der Waals surface area contributed by atoms with Crippen molar-refractivity contribution in [3.63, 3.8) is 0 Å². The minimum atomic E-state index is -0.0288. The summed E-state index contributed by atoms with van der Waals surface area (Å²) in [5, 5.41) is 9.12. The lowest BCUT2D eigenvalue weighted by Crippen LogP contribution is -1.99. The molecule has 2 aromatic rings. The number of rotatable bonds is 3. The molecule has 0 bridgehead atoms. The molecule has 0 spiro atoms. The molecule has 0 N–H and O–H groups in total. The molecule has 0 amide bonds. The zero-order valence-electron chi connectivity index (χ0n) is 11.4. The first-order valence-corrected chi connectivity index (χ1v) is 6.44. The SMILES string of the molecule is CCC(C#N)c1ccc2c(c1)nc(C(C)C)n2C. The number of nitriles is 1. The van der Waals surface area contributed by atoms with Gasteiger partial charge in [-0.25, -0.2) is 4.98 Å². The molecule has 0 radical (unpaired) electrons. The highest BCUT2D eigenvalue weighted by molar-refractivity contribution is 5.77. The zero-order valence-corrected chi connectivity index (χ0v) is 11.4. The van der Waals surface area contributed by atoms with Crippen LogP contribution in [0.25, 0.3) is 11.0 Å². The molecule has 0 aliphatic carbocycles. The fraction of sp³-hybridized carbons (Fsp3) is 0.467. The highest BCUT2D eigenvalue weighted by atomic mass is 15.1. The molecule has 18 heavy (non-hydrogen) atoms. The molecule has 1 heterocycles. The third kappa shape index (κ3) is 1.99. The van der Waals surface area contributed by atoms with Crippen molar-refractivity contribution < 1.29 is 0 Å². The standard InChI is InChI=1S/C15H19N3/c1-5-11(9-16)12-6-7-14-13(8-12)17-15(10(2)3)18(14)4/h6-8,10-11H,5H2,1-4H3. The van der Waals surface area contributed by atoms with Crippen LogP contribution in [0.2, 0.25) is 0 Å². The van der Waals surface area contributed by atoms with Gasteiger partial charge in [-0.3, -0.25) is 0 Å². The number of aryl methyl sites for hydroxylation is 1. The fourth-order valence-electron chi connectivity index (χ4n) is 2.37. The Morgan fingerprint density at radius 2 is 2.11 bits per heavy atom. The Morgan fingerprint density at radius 1 is 1.39 bits per heavy atom. The molecule has 0 aliphatic heterocycles. The first-order chi connectivity index (χ1) is 8.58. The van der Waals surface area contributed by atoms with Crippen LogP contribution >= 0.6 is 0 Å². The second-order valence-electron chi connectivity index (χ2n) is 5.02. The van der Waals surface area contributed by atoms with Crippen molar-refractivity contribution >= 4 is 11.0 Å². The Kier molecular flexibility index (Phi) is 3.38. The summed E-state index contributed by atoms with van der Waals surface area (Å²) in [6.45, 7) is 6.33. The Hall–Kier alpha value is -1.82. The lowest BCUT2D eigenvalue weighted by molar-refractivity contribution is 0.722. The normalized spacial score (nSPS) is 12.9. The van der Waals surface area contributed by atoms with Gasteiger partial charge in [-0.15, -0.1) is 0 Å². The second kappa shape index (κ2) is 4.81. The topological polar surface area (TPSA) is 41.6 Å². The lowest BCUT2D eigenvalue weighted by Gasteiger charge is -2.06. The summed E-state index contributed by atoms with van der Waals surface area (Å²) in [6, 6.07) is 8.52. The van der Waals surface area contributed by atoms with Gasteiger partial charge in [0, 0.05) is 13.0 Å². The van der Waals surface area contributed by atoms with E-state index in [1.165, 1.54) is 0 Å². The van der Waals surface area contributed by atoms with E-state index in [0.717, 1.165) is 28.8 Å². The Bertz CT molecular complexity index is 602. The van der Waals surface area contributed by atoms with Gasteiger partial charge in [0.25, 0.3) is 0 Å². The van der Waals surface area contributed by atoms with Crippen LogP contribution in [0.1, 0.15) is 50.4 Å². The minimum Gasteiger partial charge on any atom is -0.331 e. The van der Waals surface area contributed by atoms with Gasteiger partial charge in [-0.1, -0.05) is 26.8 Å². The zero-order chi connectivity index (χ0) is 13.3. The quantitative estimate of drug-likeness (QED) is 0.822. The first-order valence-electron chi connectivity index (χ1n) is 6.44. The van der Waals surface area contributed by atoms with Crippen molar-refractivity contribution in [1.29, 1.82) is 5.26 Å². The first kappa shape index (κ1) is 12.6. The average molecular weight is 241 g/mol. The van der Waals surface area contributed by atoms with E-state index in [4.69, 9.17) is 5.26 Å². The van der Waals surface area contributed by atoms with E-state index in [9.17, 15) is 0 Å². The molecule has 1 aromatic carbocycles. The molecule has 1 aromatic heterocycles. The van der Waals surface area contributed by atoms with Gasteiger partial charge in [0.1, 0.15) is 5.82 Å². The van der Waals surface area contributed by atoms with E-state index >= 15 is 0 Å². The highest BCUT2D eigenvalue weighted by Crippen LogP contribution is 2.25. The number of hydrogen-bond acceptors (Lipinski definition) is 2. The van der Waals surface area contributed by atoms with Crippen LogP contribution in [0.15, 0.2) is 18.2 Å². The Balaban J connectivity index is 2.56. The molecule has 3 heteroatoms. The van der Waals surface area contributed by atoms with E-state index in [-0.39, 0.29) is 5.92 Å². The number of aromatic nitrogens is 2. The molecule has 0 fully saturated rings. The van der Waals surface area contributed by atoms with Gasteiger partial charge < -0.3 is 4.57 Å². The smallest absolute Gasteiger partial charge is 0.112 e. The van der Waals surface area contributed by atoms with Crippen LogP contribution in [-0.2, 0) is 7.05 Å². The molecule has 2 rings (SSSR count). The van der Waals surface area contributed by atoms with E-state index in [2.05, 4.69) is 41.6 Å². The number of fused-ring (bicyclic) bond motifs is 1. The average Bonchev–Trinajstić information content (AvgIpc) is 2.68. The maximum atomic E-state index is 9.12. The van der Waals surface area contributed by atoms with Crippen molar-refractivity contribution in [3.8, 4) is 6.07 Å². The summed E-state index contributed by atoms with van der Waals surface area (Å²) in [6.07, 6.45) is 0.839. The maximum absolute atomic E-state index is 9.12. The van der Waals surface area contributed by atoms with E-state index in [1.54, 1.807) is 0 Å². The molecule has 0 aliphatic rings. The maximum Gasteiger partial charge on any atom is 0.112 e. The molecule has 1 unspecified atom stereocenters. The summed E-state index contributed by atoms with van der Waals surface area (Å²) in [5.74, 6) is 1.47. The molecule has 0 saturated carbocycles. The van der Waals surface area contributed by atoms with Crippen molar-refractivity contribution in [2.45, 2.75) is 39.0 Å². The predicted molar refractivity (Wildman–Crippen MR) is 73.4 cm³/mol. The largest absolute Gasteiger partial charge is 0.331 e. The van der Waals surface area contributed by atoms with Crippen LogP contribution in [0, 0.1) is 11.3 Å². The Morgan fingerprint density at radius 3 is 2.67 bits per heavy atom. The number of imidazole rings is 1. The monoisotopic (exact) mass is 241 g/mol. The highest BCUT2D eigenvalue weighted by Gasteiger charge is 2.13. The van der Waals surface area contributed by atoms with E-state index in [0.29, 0.717) is 5.92 Å². The van der Waals surface area contributed by atoms with Crippen molar-refractivity contribution in [2.24, 2.45) is 7.05 Å². The lowest BCUT2D eigenvalue weighted by atomic mass is 9.98. The molecule has 94 valence electrons. The van der Waals surface area contributed by atoms with E-state index in [1.807, 2.05) is 20.0 Å². The van der Waals surface area contributed by atoms with E-state index < -0.39 is 0 Å². The molecule has 0 saturated heterocycles.